The Balaban J connectivity index is 2.27. The van der Waals surface area contributed by atoms with Gasteiger partial charge in [0.2, 0.25) is 5.91 Å². The monoisotopic (exact) mass is 379 g/mol. The Bertz CT molecular complexity index is 835. The number of fused-ring (bicyclic) bond motifs is 3. The highest BCUT2D eigenvalue weighted by Gasteiger charge is 2.42. The van der Waals surface area contributed by atoms with Crippen LogP contribution in [-0.2, 0) is 10.3 Å². The van der Waals surface area contributed by atoms with Gasteiger partial charge in [0.1, 0.15) is 9.57 Å². The highest BCUT2D eigenvalue weighted by atomic mass is 32.9. The van der Waals surface area contributed by atoms with Gasteiger partial charge >= 0.3 is 0 Å². The second-order valence-corrected chi connectivity index (χ2v) is 9.12. The van der Waals surface area contributed by atoms with E-state index in [1.165, 1.54) is 4.88 Å². The van der Waals surface area contributed by atoms with Crippen LogP contribution in [0.2, 0.25) is 0 Å². The van der Waals surface area contributed by atoms with Crippen LogP contribution in [0, 0.1) is 3.82 Å². The van der Waals surface area contributed by atoms with Gasteiger partial charge in [-0.2, -0.15) is 0 Å². The molecule has 0 spiro atoms. The Morgan fingerprint density at radius 1 is 1.29 bits per heavy atom. The molecule has 3 nitrogen and oxygen atoms in total. The van der Waals surface area contributed by atoms with Gasteiger partial charge in [0, 0.05) is 23.6 Å². The second kappa shape index (κ2) is 6.58. The first-order chi connectivity index (χ1) is 11.4. The van der Waals surface area contributed by atoms with Gasteiger partial charge in [-0.05, 0) is 39.3 Å². The molecule has 0 radical (unpaired) electrons. The Hall–Kier alpha value is -1.24. The van der Waals surface area contributed by atoms with Crippen LogP contribution in [-0.4, -0.2) is 12.5 Å². The quantitative estimate of drug-likeness (QED) is 0.483. The van der Waals surface area contributed by atoms with Crippen LogP contribution in [0.25, 0.3) is 11.1 Å². The third-order valence-electron chi connectivity index (χ3n) is 4.25. The molecule has 1 aromatic carbocycles. The van der Waals surface area contributed by atoms with Gasteiger partial charge < -0.3 is 9.64 Å². The van der Waals surface area contributed by atoms with Crippen LogP contribution in [0.3, 0.4) is 0 Å². The van der Waals surface area contributed by atoms with Gasteiger partial charge in [-0.3, -0.25) is 4.79 Å². The number of carbonyl (C=O) groups is 1. The maximum absolute atomic E-state index is 12.9. The lowest BCUT2D eigenvalue weighted by atomic mass is 9.87. The molecule has 3 rings (SSSR count). The van der Waals surface area contributed by atoms with E-state index in [0.29, 0.717) is 13.0 Å². The third kappa shape index (κ3) is 2.70. The van der Waals surface area contributed by atoms with Gasteiger partial charge in [0.05, 0.1) is 22.7 Å². The fraction of sp³-hybridized carbons (Fsp3) is 0.444. The summed E-state index contributed by atoms with van der Waals surface area (Å²) in [6.07, 6.45) is 1.37. The molecular formula is C18H21NO2S3. The summed E-state index contributed by atoms with van der Waals surface area (Å²) in [6, 6.07) is 5.98. The molecule has 0 aliphatic carbocycles. The molecule has 1 aliphatic heterocycles. The van der Waals surface area contributed by atoms with Gasteiger partial charge in [-0.25, -0.2) is 0 Å². The summed E-state index contributed by atoms with van der Waals surface area (Å²) >= 11 is 5.58. The molecule has 128 valence electrons. The fourth-order valence-electron chi connectivity index (χ4n) is 3.23. The van der Waals surface area contributed by atoms with Crippen LogP contribution < -0.4 is 9.64 Å². The van der Waals surface area contributed by atoms with E-state index in [2.05, 4.69) is 13.8 Å². The van der Waals surface area contributed by atoms with E-state index in [-0.39, 0.29) is 5.91 Å². The zero-order valence-corrected chi connectivity index (χ0v) is 16.8. The molecule has 0 N–H and O–H groups in total. The molecule has 24 heavy (non-hydrogen) atoms. The predicted molar refractivity (Wildman–Crippen MR) is 105 cm³/mol. The fourth-order valence-corrected chi connectivity index (χ4v) is 6.52. The van der Waals surface area contributed by atoms with Crippen molar-refractivity contribution in [3.05, 3.63) is 26.9 Å². The molecule has 0 saturated heterocycles. The van der Waals surface area contributed by atoms with Crippen molar-refractivity contribution < 1.29 is 9.53 Å². The smallest absolute Gasteiger partial charge is 0.227 e. The molecule has 0 unspecified atom stereocenters. The molecule has 0 bridgehead atoms. The first-order valence-corrected chi connectivity index (χ1v) is 10.7. The first kappa shape index (κ1) is 17.6. The number of carbonyl (C=O) groups excluding carboxylic acids is 1. The molecular weight excluding hydrogens is 358 g/mol. The number of hydrogen-bond acceptors (Lipinski definition) is 5. The Morgan fingerprint density at radius 3 is 2.71 bits per heavy atom. The third-order valence-corrected chi connectivity index (χ3v) is 7.58. The van der Waals surface area contributed by atoms with E-state index in [1.54, 1.807) is 20.7 Å². The van der Waals surface area contributed by atoms with Crippen LogP contribution in [0.5, 0.6) is 5.75 Å². The minimum Gasteiger partial charge on any atom is -0.494 e. The number of ether oxygens (including phenoxy) is 1. The molecule has 0 fully saturated rings. The van der Waals surface area contributed by atoms with E-state index in [4.69, 9.17) is 17.0 Å². The number of amides is 1. The summed E-state index contributed by atoms with van der Waals surface area (Å²) in [5, 5.41) is 0. The van der Waals surface area contributed by atoms with Crippen LogP contribution >= 0.6 is 32.9 Å². The largest absolute Gasteiger partial charge is 0.494 e. The number of nitrogens with zero attached hydrogens (tertiary/aromatic N) is 1. The van der Waals surface area contributed by atoms with Crippen molar-refractivity contribution in [2.24, 2.45) is 0 Å². The first-order valence-electron chi connectivity index (χ1n) is 8.15. The van der Waals surface area contributed by atoms with E-state index in [1.807, 2.05) is 36.9 Å². The minimum atomic E-state index is -0.405. The van der Waals surface area contributed by atoms with Crippen LogP contribution in [0.4, 0.5) is 5.69 Å². The maximum atomic E-state index is 12.9. The highest BCUT2D eigenvalue weighted by Crippen LogP contribution is 2.52. The van der Waals surface area contributed by atoms with Gasteiger partial charge in [-0.15, -0.1) is 0 Å². The molecule has 6 heteroatoms. The van der Waals surface area contributed by atoms with Crippen LogP contribution in [0.15, 0.2) is 18.2 Å². The summed E-state index contributed by atoms with van der Waals surface area (Å²) in [5.41, 5.74) is 2.66. The topological polar surface area (TPSA) is 29.5 Å². The number of benzene rings is 1. The lowest BCUT2D eigenvalue weighted by Gasteiger charge is -2.43. The Kier molecular flexibility index (Phi) is 4.82. The van der Waals surface area contributed by atoms with E-state index in [0.717, 1.165) is 32.8 Å². The van der Waals surface area contributed by atoms with E-state index >= 15 is 0 Å². The summed E-state index contributed by atoms with van der Waals surface area (Å²) < 4.78 is 6.57. The SMILES string of the molecule is CCCC(=O)N1c2cc(OCC)ccc2-c2c(ssc2=S)C1(C)C. The molecule has 0 atom stereocenters. The standard InChI is InChI=1S/C18H21NO2S3/c1-5-7-14(20)19-13-10-11(21-6-2)8-9-12(13)15-16(18(19,3)4)23-24-17(15)22/h8-10H,5-7H2,1-4H3. The summed E-state index contributed by atoms with van der Waals surface area (Å²) in [6.45, 7) is 8.81. The second-order valence-electron chi connectivity index (χ2n) is 6.31. The molecule has 1 amide bonds. The zero-order valence-electron chi connectivity index (χ0n) is 14.3. The van der Waals surface area contributed by atoms with Crippen molar-refractivity contribution in [2.75, 3.05) is 11.5 Å². The Labute approximate surface area is 155 Å². The lowest BCUT2D eigenvalue weighted by Crippen LogP contribution is -2.47. The lowest BCUT2D eigenvalue weighted by molar-refractivity contribution is -0.119. The zero-order chi connectivity index (χ0) is 17.5. The highest BCUT2D eigenvalue weighted by molar-refractivity contribution is 7.80. The average Bonchev–Trinajstić information content (AvgIpc) is 2.91. The van der Waals surface area contributed by atoms with Gasteiger partial charge in [0.25, 0.3) is 0 Å². The van der Waals surface area contributed by atoms with Crippen molar-refractivity contribution in [2.45, 2.75) is 46.1 Å². The van der Waals surface area contributed by atoms with Crippen molar-refractivity contribution in [1.82, 2.24) is 0 Å². The van der Waals surface area contributed by atoms with Gasteiger partial charge in [0.15, 0.2) is 0 Å². The molecule has 2 heterocycles. The Morgan fingerprint density at radius 2 is 2.04 bits per heavy atom. The minimum absolute atomic E-state index is 0.146. The summed E-state index contributed by atoms with van der Waals surface area (Å²) in [7, 11) is 3.30. The maximum Gasteiger partial charge on any atom is 0.227 e. The molecule has 0 saturated carbocycles. The number of hydrogen-bond donors (Lipinski definition) is 0. The number of anilines is 1. The van der Waals surface area contributed by atoms with Crippen molar-refractivity contribution in [3.8, 4) is 16.9 Å². The molecule has 1 aliphatic rings. The number of rotatable bonds is 4. The normalized spacial score (nSPS) is 14.9. The predicted octanol–water partition coefficient (Wildman–Crippen LogP) is 5.99. The van der Waals surface area contributed by atoms with Gasteiger partial charge in [-0.1, -0.05) is 39.8 Å². The molecule has 2 aromatic rings. The van der Waals surface area contributed by atoms with E-state index in [9.17, 15) is 4.79 Å². The van der Waals surface area contributed by atoms with Crippen molar-refractivity contribution in [3.63, 3.8) is 0 Å². The van der Waals surface area contributed by atoms with Crippen molar-refractivity contribution >= 4 is 44.5 Å². The van der Waals surface area contributed by atoms with Crippen molar-refractivity contribution in [1.29, 1.82) is 0 Å². The summed E-state index contributed by atoms with van der Waals surface area (Å²) in [4.78, 5) is 16.0. The molecule has 1 aromatic heterocycles. The average molecular weight is 380 g/mol. The summed E-state index contributed by atoms with van der Waals surface area (Å²) in [5.74, 6) is 0.932. The van der Waals surface area contributed by atoms with Crippen LogP contribution in [0.1, 0.15) is 45.4 Å². The van der Waals surface area contributed by atoms with E-state index < -0.39 is 5.54 Å².